The molecule has 0 aliphatic carbocycles. The molecule has 3 rings (SSSR count). The summed E-state index contributed by atoms with van der Waals surface area (Å²) in [4.78, 5) is 9.28. The fraction of sp³-hybridized carbons (Fsp3) is 0.238. The second-order valence-corrected chi connectivity index (χ2v) is 6.42. The second kappa shape index (κ2) is 7.24. The number of benzene rings is 1. The summed E-state index contributed by atoms with van der Waals surface area (Å²) in [7, 11) is 1.92. The van der Waals surface area contributed by atoms with Crippen LogP contribution in [0.3, 0.4) is 0 Å². The highest BCUT2D eigenvalue weighted by molar-refractivity contribution is 6.35. The molecule has 3 aromatic rings. The van der Waals surface area contributed by atoms with E-state index in [0.717, 1.165) is 45.9 Å². The van der Waals surface area contributed by atoms with E-state index in [1.54, 1.807) is 6.20 Å². The third-order valence-electron chi connectivity index (χ3n) is 4.60. The van der Waals surface area contributed by atoms with E-state index in [2.05, 4.69) is 30.2 Å². The first kappa shape index (κ1) is 17.4. The fourth-order valence-electron chi connectivity index (χ4n) is 3.11. The first-order valence-corrected chi connectivity index (χ1v) is 8.83. The molecule has 0 saturated carbocycles. The molecule has 0 aliphatic heterocycles. The molecule has 1 N–H and O–H groups in total. The smallest absolute Gasteiger partial charge is 0.0898 e. The first-order chi connectivity index (χ1) is 12.1. The number of hydrogen-bond acceptors (Lipinski definition) is 3. The lowest BCUT2D eigenvalue weighted by Gasteiger charge is -2.14. The Bertz CT molecular complexity index is 919. The Balaban J connectivity index is 2.14. The van der Waals surface area contributed by atoms with Crippen molar-refractivity contribution in [2.45, 2.75) is 27.2 Å². The van der Waals surface area contributed by atoms with Gasteiger partial charge in [-0.15, -0.1) is 0 Å². The van der Waals surface area contributed by atoms with Crippen molar-refractivity contribution in [3.63, 3.8) is 0 Å². The van der Waals surface area contributed by atoms with Crippen LogP contribution in [0.4, 0.5) is 5.69 Å². The Labute approximate surface area is 154 Å². The minimum Gasteiger partial charge on any atom is -0.388 e. The highest BCUT2D eigenvalue weighted by Gasteiger charge is 2.15. The highest BCUT2D eigenvalue weighted by Crippen LogP contribution is 2.37. The van der Waals surface area contributed by atoms with E-state index in [0.29, 0.717) is 5.02 Å². The van der Waals surface area contributed by atoms with Crippen LogP contribution in [0.2, 0.25) is 5.02 Å². The third-order valence-corrected chi connectivity index (χ3v) is 4.98. The molecule has 25 heavy (non-hydrogen) atoms. The molecule has 0 radical (unpaired) electrons. The lowest BCUT2D eigenvalue weighted by atomic mass is 10.0. The van der Waals surface area contributed by atoms with Gasteiger partial charge in [0.15, 0.2) is 0 Å². The maximum absolute atomic E-state index is 6.75. The molecule has 2 aromatic heterocycles. The van der Waals surface area contributed by atoms with E-state index < -0.39 is 0 Å². The third kappa shape index (κ3) is 3.24. The zero-order valence-electron chi connectivity index (χ0n) is 15.0. The molecule has 3 nitrogen and oxygen atoms in total. The van der Waals surface area contributed by atoms with Crippen molar-refractivity contribution >= 4 is 17.3 Å². The molecule has 4 heteroatoms. The number of aryl methyl sites for hydroxylation is 2. The van der Waals surface area contributed by atoms with E-state index >= 15 is 0 Å². The van der Waals surface area contributed by atoms with Crippen LogP contribution in [0.25, 0.3) is 22.5 Å². The second-order valence-electron chi connectivity index (χ2n) is 6.04. The van der Waals surface area contributed by atoms with Gasteiger partial charge in [0, 0.05) is 35.8 Å². The van der Waals surface area contributed by atoms with Crippen LogP contribution >= 0.6 is 11.6 Å². The molecule has 0 bridgehead atoms. The van der Waals surface area contributed by atoms with Crippen molar-refractivity contribution in [2.75, 3.05) is 12.4 Å². The fourth-order valence-corrected chi connectivity index (χ4v) is 3.42. The van der Waals surface area contributed by atoms with Crippen LogP contribution in [-0.2, 0) is 6.42 Å². The first-order valence-electron chi connectivity index (χ1n) is 8.46. The summed E-state index contributed by atoms with van der Waals surface area (Å²) in [6.07, 6.45) is 2.78. The van der Waals surface area contributed by atoms with E-state index in [-0.39, 0.29) is 0 Å². The van der Waals surface area contributed by atoms with Gasteiger partial charge in [0.1, 0.15) is 0 Å². The van der Waals surface area contributed by atoms with Crippen LogP contribution < -0.4 is 5.32 Å². The standard InChI is InChI=1S/C21H22ClN3/c1-5-15-9-10-19(25-14(15)3)17-11-12-24-21(20(17)22)16-7-6-8-18(23-4)13(16)2/h6-12,23H,5H2,1-4H3. The van der Waals surface area contributed by atoms with Gasteiger partial charge in [-0.25, -0.2) is 0 Å². The highest BCUT2D eigenvalue weighted by atomic mass is 35.5. The van der Waals surface area contributed by atoms with Gasteiger partial charge >= 0.3 is 0 Å². The molecular formula is C21H22ClN3. The molecule has 0 aliphatic rings. The van der Waals surface area contributed by atoms with E-state index in [9.17, 15) is 0 Å². The predicted octanol–water partition coefficient (Wildman–Crippen LogP) is 5.68. The molecule has 0 unspecified atom stereocenters. The minimum absolute atomic E-state index is 0.634. The largest absolute Gasteiger partial charge is 0.388 e. The van der Waals surface area contributed by atoms with Gasteiger partial charge in [0.05, 0.1) is 16.4 Å². The maximum Gasteiger partial charge on any atom is 0.0898 e. The van der Waals surface area contributed by atoms with Gasteiger partial charge in [-0.3, -0.25) is 9.97 Å². The summed E-state index contributed by atoms with van der Waals surface area (Å²) < 4.78 is 0. The molecule has 1 aromatic carbocycles. The Kier molecular flexibility index (Phi) is 5.05. The number of hydrogen-bond donors (Lipinski definition) is 1. The average molecular weight is 352 g/mol. The molecular weight excluding hydrogens is 330 g/mol. The number of aromatic nitrogens is 2. The van der Waals surface area contributed by atoms with E-state index in [4.69, 9.17) is 16.6 Å². The zero-order chi connectivity index (χ0) is 18.0. The molecule has 2 heterocycles. The molecule has 0 amide bonds. The summed E-state index contributed by atoms with van der Waals surface area (Å²) >= 11 is 6.75. The van der Waals surface area contributed by atoms with Gasteiger partial charge in [0.2, 0.25) is 0 Å². The summed E-state index contributed by atoms with van der Waals surface area (Å²) in [6, 6.07) is 12.2. The van der Waals surface area contributed by atoms with Gasteiger partial charge in [-0.1, -0.05) is 36.7 Å². The van der Waals surface area contributed by atoms with Crippen molar-refractivity contribution < 1.29 is 0 Å². The average Bonchev–Trinajstić information content (AvgIpc) is 2.62. The van der Waals surface area contributed by atoms with Crippen LogP contribution in [0.5, 0.6) is 0 Å². The SMILES string of the molecule is CCc1ccc(-c2ccnc(-c3cccc(NC)c3C)c2Cl)nc1C. The minimum atomic E-state index is 0.634. The monoisotopic (exact) mass is 351 g/mol. The van der Waals surface area contributed by atoms with E-state index in [1.165, 1.54) is 5.56 Å². The number of rotatable bonds is 4. The van der Waals surface area contributed by atoms with Crippen molar-refractivity contribution in [1.82, 2.24) is 9.97 Å². The molecule has 128 valence electrons. The summed E-state index contributed by atoms with van der Waals surface area (Å²) in [6.45, 7) is 6.25. The van der Waals surface area contributed by atoms with Crippen LogP contribution in [0, 0.1) is 13.8 Å². The van der Waals surface area contributed by atoms with Crippen molar-refractivity contribution in [3.8, 4) is 22.5 Å². The lowest BCUT2D eigenvalue weighted by Crippen LogP contribution is -1.97. The topological polar surface area (TPSA) is 37.8 Å². The van der Waals surface area contributed by atoms with Crippen molar-refractivity contribution in [3.05, 3.63) is 64.4 Å². The van der Waals surface area contributed by atoms with Crippen LogP contribution in [-0.4, -0.2) is 17.0 Å². The normalized spacial score (nSPS) is 10.8. The van der Waals surface area contributed by atoms with E-state index in [1.807, 2.05) is 44.3 Å². The quantitative estimate of drug-likeness (QED) is 0.656. The van der Waals surface area contributed by atoms with Gasteiger partial charge < -0.3 is 5.32 Å². The van der Waals surface area contributed by atoms with Crippen LogP contribution in [0.1, 0.15) is 23.7 Å². The van der Waals surface area contributed by atoms with Crippen molar-refractivity contribution in [1.29, 1.82) is 0 Å². The summed E-state index contributed by atoms with van der Waals surface area (Å²) in [5.41, 5.74) is 8.10. The Morgan fingerprint density at radius 1 is 1.04 bits per heavy atom. The number of pyridine rings is 2. The number of anilines is 1. The Morgan fingerprint density at radius 3 is 2.52 bits per heavy atom. The van der Waals surface area contributed by atoms with Crippen LogP contribution in [0.15, 0.2) is 42.6 Å². The van der Waals surface area contributed by atoms with Gasteiger partial charge in [0.25, 0.3) is 0 Å². The Hall–Kier alpha value is -2.39. The molecule has 0 saturated heterocycles. The predicted molar refractivity (Wildman–Crippen MR) is 106 cm³/mol. The Morgan fingerprint density at radius 2 is 1.84 bits per heavy atom. The van der Waals surface area contributed by atoms with Crippen molar-refractivity contribution in [2.24, 2.45) is 0 Å². The maximum atomic E-state index is 6.75. The summed E-state index contributed by atoms with van der Waals surface area (Å²) in [5, 5.41) is 3.84. The summed E-state index contributed by atoms with van der Waals surface area (Å²) in [5.74, 6) is 0. The number of halogens is 1. The number of nitrogens with zero attached hydrogens (tertiary/aromatic N) is 2. The van der Waals surface area contributed by atoms with Gasteiger partial charge in [-0.2, -0.15) is 0 Å². The number of nitrogens with one attached hydrogen (secondary N) is 1. The zero-order valence-corrected chi connectivity index (χ0v) is 15.8. The lowest BCUT2D eigenvalue weighted by molar-refractivity contribution is 1.05. The molecule has 0 fully saturated rings. The molecule has 0 atom stereocenters. The molecule has 0 spiro atoms. The van der Waals surface area contributed by atoms with Gasteiger partial charge in [-0.05, 0) is 49.6 Å².